The Labute approximate surface area is 109 Å². The largest absolute Gasteiger partial charge is 0.387 e. The molecule has 1 aromatic rings. The molecule has 1 aromatic carbocycles. The van der Waals surface area contributed by atoms with Crippen LogP contribution in [0, 0.1) is 5.92 Å². The number of benzene rings is 1. The molecule has 0 fully saturated rings. The van der Waals surface area contributed by atoms with Crippen molar-refractivity contribution in [3.05, 3.63) is 34.9 Å². The first-order valence-corrected chi connectivity index (χ1v) is 6.59. The van der Waals surface area contributed by atoms with Crippen LogP contribution in [0.15, 0.2) is 24.3 Å². The Morgan fingerprint density at radius 2 is 1.82 bits per heavy atom. The summed E-state index contributed by atoms with van der Waals surface area (Å²) < 4.78 is 0. The van der Waals surface area contributed by atoms with Gasteiger partial charge in [-0.3, -0.25) is 0 Å². The highest BCUT2D eigenvalue weighted by Crippen LogP contribution is 2.16. The van der Waals surface area contributed by atoms with E-state index in [0.717, 1.165) is 12.0 Å². The zero-order valence-electron chi connectivity index (χ0n) is 10.8. The molecule has 0 aliphatic carbocycles. The maximum Gasteiger partial charge on any atom is 0.0914 e. The van der Waals surface area contributed by atoms with E-state index in [0.29, 0.717) is 23.5 Å². The normalized spacial score (nSPS) is 14.9. The van der Waals surface area contributed by atoms with Gasteiger partial charge in [-0.25, -0.2) is 0 Å². The second kappa shape index (κ2) is 7.00. The molecule has 2 unspecified atom stereocenters. The summed E-state index contributed by atoms with van der Waals surface area (Å²) in [5, 5.41) is 14.1. The van der Waals surface area contributed by atoms with E-state index in [4.69, 9.17) is 11.6 Å². The highest BCUT2D eigenvalue weighted by Gasteiger charge is 2.13. The van der Waals surface area contributed by atoms with Gasteiger partial charge in [-0.2, -0.15) is 0 Å². The lowest BCUT2D eigenvalue weighted by atomic mass is 10.0. The van der Waals surface area contributed by atoms with Crippen molar-refractivity contribution in [2.45, 2.75) is 39.3 Å². The molecule has 96 valence electrons. The van der Waals surface area contributed by atoms with Crippen LogP contribution < -0.4 is 5.32 Å². The van der Waals surface area contributed by atoms with Crippen LogP contribution in [0.2, 0.25) is 5.02 Å². The minimum Gasteiger partial charge on any atom is -0.387 e. The van der Waals surface area contributed by atoms with Crippen molar-refractivity contribution < 1.29 is 5.11 Å². The zero-order chi connectivity index (χ0) is 12.8. The highest BCUT2D eigenvalue weighted by molar-refractivity contribution is 6.30. The van der Waals surface area contributed by atoms with Gasteiger partial charge in [-0.1, -0.05) is 44.5 Å². The van der Waals surface area contributed by atoms with Gasteiger partial charge in [-0.15, -0.1) is 0 Å². The minimum absolute atomic E-state index is 0.456. The van der Waals surface area contributed by atoms with Crippen molar-refractivity contribution in [1.82, 2.24) is 5.32 Å². The molecule has 0 saturated carbocycles. The molecule has 2 nitrogen and oxygen atoms in total. The van der Waals surface area contributed by atoms with Crippen LogP contribution in [0.5, 0.6) is 0 Å². The van der Waals surface area contributed by atoms with Crippen LogP contribution in [0.25, 0.3) is 0 Å². The van der Waals surface area contributed by atoms with Crippen LogP contribution in [-0.2, 0) is 0 Å². The Morgan fingerprint density at radius 1 is 1.24 bits per heavy atom. The molecule has 0 aliphatic heterocycles. The predicted octanol–water partition coefficient (Wildman–Crippen LogP) is 3.40. The standard InChI is InChI=1S/C14H22ClNO/c1-4-13(10(2)3)16-9-14(17)11-5-7-12(15)8-6-11/h5-8,10,13-14,16-17H,4,9H2,1-3H3. The maximum atomic E-state index is 10.0. The lowest BCUT2D eigenvalue weighted by Gasteiger charge is -2.22. The van der Waals surface area contributed by atoms with E-state index in [1.54, 1.807) is 12.1 Å². The molecular weight excluding hydrogens is 234 g/mol. The number of hydrogen-bond acceptors (Lipinski definition) is 2. The van der Waals surface area contributed by atoms with Crippen molar-refractivity contribution in [3.8, 4) is 0 Å². The first-order valence-electron chi connectivity index (χ1n) is 6.21. The third kappa shape index (κ3) is 4.66. The highest BCUT2D eigenvalue weighted by atomic mass is 35.5. The van der Waals surface area contributed by atoms with Gasteiger partial charge in [0.2, 0.25) is 0 Å². The molecule has 0 amide bonds. The summed E-state index contributed by atoms with van der Waals surface area (Å²) in [5.74, 6) is 0.581. The molecule has 0 aliphatic rings. The van der Waals surface area contributed by atoms with E-state index in [-0.39, 0.29) is 0 Å². The Balaban J connectivity index is 2.49. The van der Waals surface area contributed by atoms with E-state index in [9.17, 15) is 5.11 Å². The molecule has 2 atom stereocenters. The summed E-state index contributed by atoms with van der Waals surface area (Å²) in [4.78, 5) is 0. The number of aliphatic hydroxyl groups excluding tert-OH is 1. The molecule has 0 radical (unpaired) electrons. The number of rotatable bonds is 6. The average molecular weight is 256 g/mol. The number of hydrogen-bond donors (Lipinski definition) is 2. The van der Waals surface area contributed by atoms with Crippen LogP contribution in [0.4, 0.5) is 0 Å². The van der Waals surface area contributed by atoms with Gasteiger partial charge in [0, 0.05) is 17.6 Å². The Hall–Kier alpha value is -0.570. The van der Waals surface area contributed by atoms with Gasteiger partial charge >= 0.3 is 0 Å². The molecule has 2 N–H and O–H groups in total. The van der Waals surface area contributed by atoms with Crippen LogP contribution >= 0.6 is 11.6 Å². The van der Waals surface area contributed by atoms with Crippen molar-refractivity contribution in [3.63, 3.8) is 0 Å². The lowest BCUT2D eigenvalue weighted by molar-refractivity contribution is 0.165. The van der Waals surface area contributed by atoms with Crippen LogP contribution in [0.1, 0.15) is 38.9 Å². The summed E-state index contributed by atoms with van der Waals surface area (Å²) >= 11 is 5.81. The fourth-order valence-corrected chi connectivity index (χ4v) is 2.04. The Kier molecular flexibility index (Phi) is 5.96. The number of nitrogens with one attached hydrogen (secondary N) is 1. The third-order valence-corrected chi connectivity index (χ3v) is 3.32. The van der Waals surface area contributed by atoms with Crippen molar-refractivity contribution in [2.75, 3.05) is 6.54 Å². The summed E-state index contributed by atoms with van der Waals surface area (Å²) in [6.07, 6.45) is 0.602. The van der Waals surface area contributed by atoms with Gasteiger partial charge in [0.1, 0.15) is 0 Å². The molecule has 0 spiro atoms. The molecule has 17 heavy (non-hydrogen) atoms. The first kappa shape index (κ1) is 14.5. The van der Waals surface area contributed by atoms with Gasteiger partial charge in [0.15, 0.2) is 0 Å². The minimum atomic E-state index is -0.472. The fraction of sp³-hybridized carbons (Fsp3) is 0.571. The quantitative estimate of drug-likeness (QED) is 0.817. The summed E-state index contributed by atoms with van der Waals surface area (Å²) in [5.41, 5.74) is 0.903. The molecular formula is C14H22ClNO. The van der Waals surface area contributed by atoms with Gasteiger partial charge < -0.3 is 10.4 Å². The van der Waals surface area contributed by atoms with Crippen LogP contribution in [-0.4, -0.2) is 17.7 Å². The molecule has 0 saturated heterocycles. The zero-order valence-corrected chi connectivity index (χ0v) is 11.5. The van der Waals surface area contributed by atoms with E-state index >= 15 is 0 Å². The van der Waals surface area contributed by atoms with Gasteiger partial charge in [-0.05, 0) is 30.0 Å². The number of aliphatic hydroxyl groups is 1. The van der Waals surface area contributed by atoms with E-state index in [1.807, 2.05) is 12.1 Å². The monoisotopic (exact) mass is 255 g/mol. The lowest BCUT2D eigenvalue weighted by Crippen LogP contribution is -2.36. The molecule has 0 bridgehead atoms. The third-order valence-electron chi connectivity index (χ3n) is 3.07. The molecule has 3 heteroatoms. The summed E-state index contributed by atoms with van der Waals surface area (Å²) in [6, 6.07) is 7.80. The summed E-state index contributed by atoms with van der Waals surface area (Å²) in [6.45, 7) is 7.12. The average Bonchev–Trinajstić information content (AvgIpc) is 2.30. The summed E-state index contributed by atoms with van der Waals surface area (Å²) in [7, 11) is 0. The second-order valence-corrected chi connectivity index (χ2v) is 5.17. The smallest absolute Gasteiger partial charge is 0.0914 e. The van der Waals surface area contributed by atoms with Crippen LogP contribution in [0.3, 0.4) is 0 Å². The van der Waals surface area contributed by atoms with E-state index in [2.05, 4.69) is 26.1 Å². The Bertz CT molecular complexity index is 323. The van der Waals surface area contributed by atoms with Crippen molar-refractivity contribution >= 4 is 11.6 Å². The van der Waals surface area contributed by atoms with Gasteiger partial charge in [0.25, 0.3) is 0 Å². The first-order chi connectivity index (χ1) is 8.04. The van der Waals surface area contributed by atoms with E-state index in [1.165, 1.54) is 0 Å². The van der Waals surface area contributed by atoms with E-state index < -0.39 is 6.10 Å². The number of halogens is 1. The van der Waals surface area contributed by atoms with Crippen molar-refractivity contribution in [1.29, 1.82) is 0 Å². The second-order valence-electron chi connectivity index (χ2n) is 4.73. The maximum absolute atomic E-state index is 10.0. The van der Waals surface area contributed by atoms with Gasteiger partial charge in [0.05, 0.1) is 6.10 Å². The predicted molar refractivity (Wildman–Crippen MR) is 73.3 cm³/mol. The van der Waals surface area contributed by atoms with Crippen molar-refractivity contribution in [2.24, 2.45) is 5.92 Å². The fourth-order valence-electron chi connectivity index (χ4n) is 1.92. The Morgan fingerprint density at radius 3 is 2.29 bits per heavy atom. The molecule has 0 heterocycles. The molecule has 0 aromatic heterocycles. The topological polar surface area (TPSA) is 32.3 Å². The molecule has 1 rings (SSSR count). The SMILES string of the molecule is CCC(NCC(O)c1ccc(Cl)cc1)C(C)C.